The third-order valence-corrected chi connectivity index (χ3v) is 4.61. The van der Waals surface area contributed by atoms with Crippen molar-refractivity contribution in [2.45, 2.75) is 38.6 Å². The highest BCUT2D eigenvalue weighted by atomic mass is 32.1. The molecule has 0 unspecified atom stereocenters. The summed E-state index contributed by atoms with van der Waals surface area (Å²) in [5.41, 5.74) is 1.82. The van der Waals surface area contributed by atoms with Crippen LogP contribution in [0.4, 0.5) is 4.39 Å². The van der Waals surface area contributed by atoms with E-state index in [1.54, 1.807) is 17.4 Å². The zero-order valence-electron chi connectivity index (χ0n) is 11.7. The van der Waals surface area contributed by atoms with E-state index in [2.05, 4.69) is 12.2 Å². The average Bonchev–Trinajstić information content (AvgIpc) is 3.21. The highest BCUT2D eigenvalue weighted by molar-refractivity contribution is 7.15. The molecule has 1 N–H and O–H groups in total. The van der Waals surface area contributed by atoms with Gasteiger partial charge in [0, 0.05) is 22.9 Å². The Morgan fingerprint density at radius 3 is 2.85 bits per heavy atom. The molecule has 1 heterocycles. The van der Waals surface area contributed by atoms with Gasteiger partial charge in [0.25, 0.3) is 0 Å². The zero-order valence-corrected chi connectivity index (χ0v) is 12.5. The van der Waals surface area contributed by atoms with Crippen molar-refractivity contribution in [1.82, 2.24) is 10.3 Å². The molecule has 1 aliphatic rings. The van der Waals surface area contributed by atoms with Crippen molar-refractivity contribution in [3.8, 4) is 10.6 Å². The van der Waals surface area contributed by atoms with Crippen LogP contribution in [-0.2, 0) is 6.54 Å². The van der Waals surface area contributed by atoms with Gasteiger partial charge in [-0.25, -0.2) is 9.37 Å². The number of nitrogens with zero attached hydrogens (tertiary/aromatic N) is 1. The maximum absolute atomic E-state index is 13.9. The van der Waals surface area contributed by atoms with Crippen LogP contribution in [0.2, 0.25) is 0 Å². The molecular weight excluding hydrogens is 271 g/mol. The lowest BCUT2D eigenvalue weighted by molar-refractivity contribution is 0.631. The van der Waals surface area contributed by atoms with Gasteiger partial charge in [-0.3, -0.25) is 0 Å². The van der Waals surface area contributed by atoms with Crippen molar-refractivity contribution < 1.29 is 4.39 Å². The van der Waals surface area contributed by atoms with E-state index >= 15 is 0 Å². The summed E-state index contributed by atoms with van der Waals surface area (Å²) >= 11 is 1.63. The SMILES string of the molecule is CCCNCc1sc(-c2ccccc2F)nc1C1CC1. The standard InChI is InChI=1S/C16H19FN2S/c1-2-9-18-10-14-15(11-7-8-11)19-16(20-14)12-5-3-4-6-13(12)17/h3-6,11,18H,2,7-10H2,1H3. The number of nitrogens with one attached hydrogen (secondary N) is 1. The summed E-state index contributed by atoms with van der Waals surface area (Å²) in [5, 5.41) is 4.25. The molecule has 0 amide bonds. The Bertz CT molecular complexity index is 590. The number of halogens is 1. The maximum Gasteiger partial charge on any atom is 0.133 e. The highest BCUT2D eigenvalue weighted by Gasteiger charge is 2.29. The van der Waals surface area contributed by atoms with E-state index in [0.717, 1.165) is 24.5 Å². The first-order valence-electron chi connectivity index (χ1n) is 7.24. The number of hydrogen-bond acceptors (Lipinski definition) is 3. The van der Waals surface area contributed by atoms with E-state index in [1.165, 1.54) is 29.5 Å². The van der Waals surface area contributed by atoms with Crippen molar-refractivity contribution in [3.63, 3.8) is 0 Å². The first kappa shape index (κ1) is 13.7. The summed E-state index contributed by atoms with van der Waals surface area (Å²) in [7, 11) is 0. The summed E-state index contributed by atoms with van der Waals surface area (Å²) in [6.07, 6.45) is 3.57. The average molecular weight is 290 g/mol. The molecule has 0 spiro atoms. The summed E-state index contributed by atoms with van der Waals surface area (Å²) in [6.45, 7) is 4.02. The molecule has 0 saturated heterocycles. The smallest absolute Gasteiger partial charge is 0.133 e. The highest BCUT2D eigenvalue weighted by Crippen LogP contribution is 2.44. The third-order valence-electron chi connectivity index (χ3n) is 3.51. The van der Waals surface area contributed by atoms with Gasteiger partial charge in [0.15, 0.2) is 0 Å². The molecule has 106 valence electrons. The fraction of sp³-hybridized carbons (Fsp3) is 0.438. The minimum absolute atomic E-state index is 0.184. The van der Waals surface area contributed by atoms with E-state index in [4.69, 9.17) is 4.98 Å². The van der Waals surface area contributed by atoms with E-state index < -0.39 is 0 Å². The van der Waals surface area contributed by atoms with E-state index in [9.17, 15) is 4.39 Å². The van der Waals surface area contributed by atoms with Crippen LogP contribution in [0.15, 0.2) is 24.3 Å². The van der Waals surface area contributed by atoms with Gasteiger partial charge in [-0.15, -0.1) is 11.3 Å². The predicted molar refractivity (Wildman–Crippen MR) is 81.5 cm³/mol. The fourth-order valence-corrected chi connectivity index (χ4v) is 3.44. The van der Waals surface area contributed by atoms with Crippen LogP contribution in [0, 0.1) is 5.82 Å². The Kier molecular flexibility index (Phi) is 4.13. The Hall–Kier alpha value is -1.26. The first-order chi connectivity index (χ1) is 9.79. The Morgan fingerprint density at radius 2 is 2.15 bits per heavy atom. The van der Waals surface area contributed by atoms with E-state index in [-0.39, 0.29) is 5.82 Å². The first-order valence-corrected chi connectivity index (χ1v) is 8.06. The molecule has 3 rings (SSSR count). The molecule has 0 atom stereocenters. The predicted octanol–water partition coefficient (Wildman–Crippen LogP) is 4.33. The van der Waals surface area contributed by atoms with Gasteiger partial charge < -0.3 is 5.32 Å². The number of hydrogen-bond donors (Lipinski definition) is 1. The van der Waals surface area contributed by atoms with Gasteiger partial charge in [-0.05, 0) is 37.9 Å². The summed E-state index contributed by atoms with van der Waals surface area (Å²) in [5.74, 6) is 0.418. The van der Waals surface area contributed by atoms with Gasteiger partial charge in [0.05, 0.1) is 5.69 Å². The van der Waals surface area contributed by atoms with Gasteiger partial charge >= 0.3 is 0 Å². The molecule has 2 nitrogen and oxygen atoms in total. The summed E-state index contributed by atoms with van der Waals surface area (Å²) in [6, 6.07) is 6.90. The zero-order chi connectivity index (χ0) is 13.9. The van der Waals surface area contributed by atoms with Crippen molar-refractivity contribution in [1.29, 1.82) is 0 Å². The Labute approximate surface area is 123 Å². The number of thiazole rings is 1. The molecule has 20 heavy (non-hydrogen) atoms. The monoisotopic (exact) mass is 290 g/mol. The second-order valence-corrected chi connectivity index (χ2v) is 6.34. The molecule has 0 bridgehead atoms. The molecule has 1 fully saturated rings. The minimum Gasteiger partial charge on any atom is -0.312 e. The van der Waals surface area contributed by atoms with Crippen LogP contribution in [0.5, 0.6) is 0 Å². The number of benzene rings is 1. The third kappa shape index (κ3) is 2.91. The van der Waals surface area contributed by atoms with Gasteiger partial charge in [0.1, 0.15) is 10.8 Å². The molecule has 1 aliphatic carbocycles. The maximum atomic E-state index is 13.9. The second kappa shape index (κ2) is 6.02. The molecule has 1 saturated carbocycles. The van der Waals surface area contributed by atoms with Gasteiger partial charge in [-0.1, -0.05) is 19.1 Å². The molecule has 0 radical (unpaired) electrons. The lowest BCUT2D eigenvalue weighted by Crippen LogP contribution is -2.13. The number of rotatable bonds is 6. The van der Waals surface area contributed by atoms with Gasteiger partial charge in [0.2, 0.25) is 0 Å². The lowest BCUT2D eigenvalue weighted by atomic mass is 10.2. The molecule has 1 aromatic carbocycles. The van der Waals surface area contributed by atoms with Crippen molar-refractivity contribution in [2.24, 2.45) is 0 Å². The normalized spacial score (nSPS) is 14.7. The number of aromatic nitrogens is 1. The lowest BCUT2D eigenvalue weighted by Gasteiger charge is -2.01. The van der Waals surface area contributed by atoms with Crippen LogP contribution in [0.25, 0.3) is 10.6 Å². The van der Waals surface area contributed by atoms with Crippen LogP contribution < -0.4 is 5.32 Å². The summed E-state index contributed by atoms with van der Waals surface area (Å²) in [4.78, 5) is 6.00. The minimum atomic E-state index is -0.184. The Morgan fingerprint density at radius 1 is 1.35 bits per heavy atom. The van der Waals surface area contributed by atoms with Crippen molar-refractivity contribution >= 4 is 11.3 Å². The largest absolute Gasteiger partial charge is 0.312 e. The second-order valence-electron chi connectivity index (χ2n) is 5.26. The molecule has 4 heteroatoms. The Balaban J connectivity index is 1.89. The summed E-state index contributed by atoms with van der Waals surface area (Å²) < 4.78 is 13.9. The molecule has 1 aromatic heterocycles. The van der Waals surface area contributed by atoms with Gasteiger partial charge in [-0.2, -0.15) is 0 Å². The van der Waals surface area contributed by atoms with Crippen LogP contribution >= 0.6 is 11.3 Å². The van der Waals surface area contributed by atoms with Crippen molar-refractivity contribution in [3.05, 3.63) is 40.7 Å². The fourth-order valence-electron chi connectivity index (χ4n) is 2.29. The molecular formula is C16H19FN2S. The van der Waals surface area contributed by atoms with Crippen LogP contribution in [-0.4, -0.2) is 11.5 Å². The molecule has 0 aliphatic heterocycles. The van der Waals surface area contributed by atoms with E-state index in [0.29, 0.717) is 11.5 Å². The van der Waals surface area contributed by atoms with Crippen LogP contribution in [0.3, 0.4) is 0 Å². The van der Waals surface area contributed by atoms with Crippen molar-refractivity contribution in [2.75, 3.05) is 6.54 Å². The van der Waals surface area contributed by atoms with Crippen LogP contribution in [0.1, 0.15) is 42.7 Å². The topological polar surface area (TPSA) is 24.9 Å². The quantitative estimate of drug-likeness (QED) is 0.801. The molecule has 2 aromatic rings. The van der Waals surface area contributed by atoms with E-state index in [1.807, 2.05) is 12.1 Å².